The Bertz CT molecular complexity index is 348. The number of nitrogens with one attached hydrogen (secondary N) is 1. The van der Waals surface area contributed by atoms with E-state index in [1.807, 2.05) is 0 Å². The highest BCUT2D eigenvalue weighted by atomic mass is 32.2. The van der Waals surface area contributed by atoms with Gasteiger partial charge >= 0.3 is 0 Å². The maximum absolute atomic E-state index is 5.66. The van der Waals surface area contributed by atoms with E-state index in [0.717, 1.165) is 22.4 Å². The molecule has 1 atom stereocenters. The summed E-state index contributed by atoms with van der Waals surface area (Å²) >= 11 is 3.81. The third-order valence-corrected chi connectivity index (χ3v) is 5.80. The summed E-state index contributed by atoms with van der Waals surface area (Å²) in [4.78, 5) is 4.51. The Morgan fingerprint density at radius 3 is 2.89 bits per heavy atom. The summed E-state index contributed by atoms with van der Waals surface area (Å²) in [5.74, 6) is 6.75. The van der Waals surface area contributed by atoms with Crippen LogP contribution in [0, 0.1) is 6.92 Å². The van der Waals surface area contributed by atoms with Crippen molar-refractivity contribution in [3.05, 3.63) is 16.1 Å². The number of rotatable bonds is 6. The largest absolute Gasteiger partial charge is 0.271 e. The average molecular weight is 285 g/mol. The molecule has 0 spiro atoms. The molecule has 0 radical (unpaired) electrons. The highest BCUT2D eigenvalue weighted by Gasteiger charge is 2.17. The molecule has 0 bridgehead atoms. The van der Waals surface area contributed by atoms with E-state index in [0.29, 0.717) is 6.04 Å². The molecule has 1 aliphatic rings. The van der Waals surface area contributed by atoms with E-state index in [9.17, 15) is 0 Å². The van der Waals surface area contributed by atoms with Crippen LogP contribution in [0.15, 0.2) is 5.38 Å². The summed E-state index contributed by atoms with van der Waals surface area (Å²) in [6, 6.07) is 0.346. The normalized spacial score (nSPS) is 19.0. The van der Waals surface area contributed by atoms with Gasteiger partial charge < -0.3 is 0 Å². The molecule has 1 heterocycles. The first-order valence-corrected chi connectivity index (χ1v) is 8.69. The molecule has 1 aromatic rings. The van der Waals surface area contributed by atoms with Crippen molar-refractivity contribution in [2.24, 2.45) is 5.84 Å². The Morgan fingerprint density at radius 1 is 1.50 bits per heavy atom. The van der Waals surface area contributed by atoms with Gasteiger partial charge in [0, 0.05) is 28.8 Å². The summed E-state index contributed by atoms with van der Waals surface area (Å²) in [6.07, 6.45) is 7.96. The van der Waals surface area contributed by atoms with E-state index in [-0.39, 0.29) is 0 Å². The van der Waals surface area contributed by atoms with Crippen molar-refractivity contribution in [1.29, 1.82) is 0 Å². The second-order valence-corrected chi connectivity index (χ2v) is 7.41. The van der Waals surface area contributed by atoms with Crippen LogP contribution in [0.25, 0.3) is 0 Å². The Hall–Kier alpha value is -0.100. The lowest BCUT2D eigenvalue weighted by Gasteiger charge is -2.23. The van der Waals surface area contributed by atoms with Crippen LogP contribution >= 0.6 is 23.1 Å². The lowest BCUT2D eigenvalue weighted by atomic mass is 10.0. The van der Waals surface area contributed by atoms with Crippen molar-refractivity contribution in [2.45, 2.75) is 56.7 Å². The summed E-state index contributed by atoms with van der Waals surface area (Å²) in [6.45, 7) is 2.05. The minimum Gasteiger partial charge on any atom is -0.271 e. The number of aromatic nitrogens is 1. The fraction of sp³-hybridized carbons (Fsp3) is 0.769. The average Bonchev–Trinajstić information content (AvgIpc) is 2.81. The van der Waals surface area contributed by atoms with Gasteiger partial charge in [0.05, 0.1) is 10.7 Å². The number of hydrogen-bond donors (Lipinski definition) is 2. The van der Waals surface area contributed by atoms with Crippen LogP contribution in [-0.4, -0.2) is 22.0 Å². The van der Waals surface area contributed by atoms with Gasteiger partial charge in [0.15, 0.2) is 0 Å². The molecule has 0 aliphatic heterocycles. The van der Waals surface area contributed by atoms with E-state index < -0.39 is 0 Å². The molecule has 1 unspecified atom stereocenters. The van der Waals surface area contributed by atoms with E-state index in [1.165, 1.54) is 37.8 Å². The molecule has 1 fully saturated rings. The summed E-state index contributed by atoms with van der Waals surface area (Å²) in [7, 11) is 0. The molecule has 102 valence electrons. The fourth-order valence-electron chi connectivity index (χ4n) is 2.40. The molecule has 18 heavy (non-hydrogen) atoms. The third-order valence-electron chi connectivity index (χ3n) is 3.44. The maximum atomic E-state index is 5.66. The molecule has 1 aliphatic carbocycles. The quantitative estimate of drug-likeness (QED) is 0.623. The fourth-order valence-corrected chi connectivity index (χ4v) is 4.42. The van der Waals surface area contributed by atoms with E-state index in [4.69, 9.17) is 5.84 Å². The number of thiazole rings is 1. The summed E-state index contributed by atoms with van der Waals surface area (Å²) < 4.78 is 0. The van der Waals surface area contributed by atoms with Gasteiger partial charge in [0.1, 0.15) is 0 Å². The zero-order valence-electron chi connectivity index (χ0n) is 11.0. The molecule has 3 N–H and O–H groups in total. The van der Waals surface area contributed by atoms with Crippen molar-refractivity contribution in [3.63, 3.8) is 0 Å². The first-order chi connectivity index (χ1) is 8.78. The molecule has 2 rings (SSSR count). The number of hydrazine groups is 1. The lowest BCUT2D eigenvalue weighted by molar-refractivity contribution is 0.512. The molecule has 5 heteroatoms. The highest BCUT2D eigenvalue weighted by Crippen LogP contribution is 2.28. The zero-order valence-corrected chi connectivity index (χ0v) is 12.7. The lowest BCUT2D eigenvalue weighted by Crippen LogP contribution is -2.39. The molecule has 1 saturated carbocycles. The van der Waals surface area contributed by atoms with Gasteiger partial charge in [-0.05, 0) is 19.8 Å². The van der Waals surface area contributed by atoms with Crippen molar-refractivity contribution in [1.82, 2.24) is 10.4 Å². The van der Waals surface area contributed by atoms with Crippen LogP contribution in [0.4, 0.5) is 0 Å². The van der Waals surface area contributed by atoms with Gasteiger partial charge in [-0.25, -0.2) is 4.98 Å². The Kier molecular flexibility index (Phi) is 5.95. The molecule has 0 amide bonds. The molecular formula is C13H23N3S2. The van der Waals surface area contributed by atoms with Gasteiger partial charge in [0.2, 0.25) is 0 Å². The van der Waals surface area contributed by atoms with Gasteiger partial charge in [-0.3, -0.25) is 11.3 Å². The minimum absolute atomic E-state index is 0.346. The highest BCUT2D eigenvalue weighted by molar-refractivity contribution is 7.99. The van der Waals surface area contributed by atoms with Gasteiger partial charge in [-0.15, -0.1) is 11.3 Å². The minimum atomic E-state index is 0.346. The third kappa shape index (κ3) is 4.53. The van der Waals surface area contributed by atoms with E-state index in [1.54, 1.807) is 11.3 Å². The monoisotopic (exact) mass is 285 g/mol. The van der Waals surface area contributed by atoms with Crippen LogP contribution in [0.5, 0.6) is 0 Å². The van der Waals surface area contributed by atoms with Gasteiger partial charge in [-0.1, -0.05) is 19.3 Å². The van der Waals surface area contributed by atoms with Crippen LogP contribution < -0.4 is 11.3 Å². The Labute approximate surface area is 118 Å². The van der Waals surface area contributed by atoms with Crippen LogP contribution in [-0.2, 0) is 6.42 Å². The molecule has 0 saturated heterocycles. The van der Waals surface area contributed by atoms with Crippen molar-refractivity contribution < 1.29 is 0 Å². The standard InChI is InChI=1S/C13H23N3S2/c1-10-15-11(8-17-10)7-12(16-14)9-18-13-5-3-2-4-6-13/h8,12-13,16H,2-7,9,14H2,1H3. The zero-order chi connectivity index (χ0) is 12.8. The number of hydrogen-bond acceptors (Lipinski definition) is 5. The Morgan fingerprint density at radius 2 is 2.28 bits per heavy atom. The predicted molar refractivity (Wildman–Crippen MR) is 81.0 cm³/mol. The molecular weight excluding hydrogens is 262 g/mol. The van der Waals surface area contributed by atoms with E-state index in [2.05, 4.69) is 34.5 Å². The SMILES string of the molecule is Cc1nc(CC(CSC2CCCCC2)NN)cs1. The number of nitrogens with two attached hydrogens (primary N) is 1. The smallest absolute Gasteiger partial charge is 0.0897 e. The topological polar surface area (TPSA) is 50.9 Å². The number of nitrogens with zero attached hydrogens (tertiary/aromatic N) is 1. The van der Waals surface area contributed by atoms with Gasteiger partial charge in [0.25, 0.3) is 0 Å². The number of aryl methyl sites for hydroxylation is 1. The Balaban J connectivity index is 1.74. The summed E-state index contributed by atoms with van der Waals surface area (Å²) in [5.41, 5.74) is 4.11. The first-order valence-electron chi connectivity index (χ1n) is 6.76. The second kappa shape index (κ2) is 7.48. The van der Waals surface area contributed by atoms with E-state index >= 15 is 0 Å². The van der Waals surface area contributed by atoms with Crippen molar-refractivity contribution >= 4 is 23.1 Å². The molecule has 1 aromatic heterocycles. The maximum Gasteiger partial charge on any atom is 0.0897 e. The first kappa shape index (κ1) is 14.3. The van der Waals surface area contributed by atoms with Crippen molar-refractivity contribution in [2.75, 3.05) is 5.75 Å². The van der Waals surface area contributed by atoms with Crippen LogP contribution in [0.2, 0.25) is 0 Å². The van der Waals surface area contributed by atoms with Gasteiger partial charge in [-0.2, -0.15) is 11.8 Å². The van der Waals surface area contributed by atoms with Crippen molar-refractivity contribution in [3.8, 4) is 0 Å². The predicted octanol–water partition coefficient (Wildman–Crippen LogP) is 2.89. The molecule has 0 aromatic carbocycles. The molecule has 3 nitrogen and oxygen atoms in total. The number of thioether (sulfide) groups is 1. The summed E-state index contributed by atoms with van der Waals surface area (Å²) in [5, 5.41) is 4.14. The van der Waals surface area contributed by atoms with Crippen LogP contribution in [0.1, 0.15) is 42.8 Å². The second-order valence-electron chi connectivity index (χ2n) is 5.02. The van der Waals surface area contributed by atoms with Crippen LogP contribution in [0.3, 0.4) is 0 Å².